The molecule has 0 aromatic carbocycles. The summed E-state index contributed by atoms with van der Waals surface area (Å²) in [6.45, 7) is 12.3. The Morgan fingerprint density at radius 3 is 2.10 bits per heavy atom. The van der Waals surface area contributed by atoms with Crippen molar-refractivity contribution < 1.29 is 8.42 Å². The minimum atomic E-state index is -2.98. The maximum atomic E-state index is 12.6. The summed E-state index contributed by atoms with van der Waals surface area (Å²) in [6.07, 6.45) is 5.19. The number of likely N-dealkylation sites (tertiary alicyclic amines) is 1. The first-order valence-electron chi connectivity index (χ1n) is 8.22. The quantitative estimate of drug-likeness (QED) is 0.722. The van der Waals surface area contributed by atoms with E-state index in [9.17, 15) is 8.42 Å². The predicted molar refractivity (Wildman–Crippen MR) is 86.8 cm³/mol. The lowest BCUT2D eigenvalue weighted by Crippen LogP contribution is -2.51. The van der Waals surface area contributed by atoms with Gasteiger partial charge in [0, 0.05) is 6.04 Å². The Labute approximate surface area is 126 Å². The summed E-state index contributed by atoms with van der Waals surface area (Å²) >= 11 is 0. The molecular formula is C16H33NO2S. The largest absolute Gasteiger partial charge is 0.300 e. The van der Waals surface area contributed by atoms with Gasteiger partial charge in [0.2, 0.25) is 0 Å². The molecule has 0 spiro atoms. The molecule has 0 aromatic rings. The van der Waals surface area contributed by atoms with Gasteiger partial charge in [0.15, 0.2) is 9.84 Å². The van der Waals surface area contributed by atoms with E-state index in [0.717, 1.165) is 25.9 Å². The van der Waals surface area contributed by atoms with Crippen LogP contribution in [0.15, 0.2) is 0 Å². The molecule has 0 bridgehead atoms. The Kier molecular flexibility index (Phi) is 6.52. The Morgan fingerprint density at radius 2 is 1.70 bits per heavy atom. The van der Waals surface area contributed by atoms with Crippen LogP contribution in [0.25, 0.3) is 0 Å². The molecule has 1 fully saturated rings. The topological polar surface area (TPSA) is 37.4 Å². The number of piperidine rings is 1. The summed E-state index contributed by atoms with van der Waals surface area (Å²) in [7, 11) is -2.98. The number of nitrogens with zero attached hydrogens (tertiary/aromatic N) is 1. The van der Waals surface area contributed by atoms with Crippen LogP contribution >= 0.6 is 0 Å². The lowest BCUT2D eigenvalue weighted by Gasteiger charge is -2.42. The maximum Gasteiger partial charge on any atom is 0.156 e. The molecule has 1 heterocycles. The molecule has 0 aromatic heterocycles. The van der Waals surface area contributed by atoms with Crippen molar-refractivity contribution in [3.05, 3.63) is 0 Å². The molecular weight excluding hydrogens is 270 g/mol. The van der Waals surface area contributed by atoms with Gasteiger partial charge >= 0.3 is 0 Å². The van der Waals surface area contributed by atoms with Crippen LogP contribution < -0.4 is 0 Å². The van der Waals surface area contributed by atoms with Gasteiger partial charge in [-0.05, 0) is 51.6 Å². The van der Waals surface area contributed by atoms with Crippen LogP contribution in [0.1, 0.15) is 66.7 Å². The first-order chi connectivity index (χ1) is 9.25. The van der Waals surface area contributed by atoms with Crippen molar-refractivity contribution in [1.29, 1.82) is 0 Å². The molecule has 0 N–H and O–H groups in total. The van der Waals surface area contributed by atoms with E-state index in [0.29, 0.717) is 11.8 Å². The van der Waals surface area contributed by atoms with Crippen molar-refractivity contribution in [2.75, 3.05) is 18.8 Å². The monoisotopic (exact) mass is 303 g/mol. The normalized spacial score (nSPS) is 22.1. The van der Waals surface area contributed by atoms with Crippen molar-refractivity contribution in [3.63, 3.8) is 0 Å². The molecule has 0 amide bonds. The van der Waals surface area contributed by atoms with Gasteiger partial charge in [-0.15, -0.1) is 0 Å². The Morgan fingerprint density at radius 1 is 1.15 bits per heavy atom. The van der Waals surface area contributed by atoms with Gasteiger partial charge < -0.3 is 4.90 Å². The van der Waals surface area contributed by atoms with Gasteiger partial charge in [-0.1, -0.05) is 34.1 Å². The molecule has 0 aliphatic carbocycles. The van der Waals surface area contributed by atoms with Gasteiger partial charge in [-0.2, -0.15) is 0 Å². The molecule has 1 aliphatic rings. The minimum Gasteiger partial charge on any atom is -0.300 e. The van der Waals surface area contributed by atoms with Gasteiger partial charge in [-0.25, -0.2) is 8.42 Å². The van der Waals surface area contributed by atoms with Crippen molar-refractivity contribution in [2.24, 2.45) is 5.92 Å². The molecule has 0 saturated carbocycles. The number of sulfone groups is 1. The average molecular weight is 304 g/mol. The maximum absolute atomic E-state index is 12.6. The van der Waals surface area contributed by atoms with Gasteiger partial charge in [0.05, 0.1) is 10.5 Å². The number of hydrogen-bond acceptors (Lipinski definition) is 3. The zero-order chi connectivity index (χ0) is 15.4. The SMILES string of the molecule is CCCC(CC)N1CCC(C)(S(=O)(=O)CC(C)C)CC1. The van der Waals surface area contributed by atoms with Crippen LogP contribution in [0.3, 0.4) is 0 Å². The molecule has 1 rings (SSSR count). The number of rotatable bonds is 7. The molecule has 3 nitrogen and oxygen atoms in total. The molecule has 120 valence electrons. The summed E-state index contributed by atoms with van der Waals surface area (Å²) in [4.78, 5) is 2.51. The van der Waals surface area contributed by atoms with E-state index in [4.69, 9.17) is 0 Å². The third kappa shape index (κ3) is 4.20. The fourth-order valence-electron chi connectivity index (χ4n) is 3.29. The second kappa shape index (κ2) is 7.26. The molecule has 4 heteroatoms. The van der Waals surface area contributed by atoms with Crippen LogP contribution in [0.4, 0.5) is 0 Å². The van der Waals surface area contributed by atoms with Crippen LogP contribution in [0.2, 0.25) is 0 Å². The van der Waals surface area contributed by atoms with E-state index in [2.05, 4.69) is 18.7 Å². The van der Waals surface area contributed by atoms with Crippen LogP contribution in [-0.2, 0) is 9.84 Å². The molecule has 0 radical (unpaired) electrons. The van der Waals surface area contributed by atoms with Crippen molar-refractivity contribution >= 4 is 9.84 Å². The third-order valence-corrected chi connectivity index (χ3v) is 7.78. The van der Waals surface area contributed by atoms with Crippen molar-refractivity contribution in [3.8, 4) is 0 Å². The summed E-state index contributed by atoms with van der Waals surface area (Å²) in [5.41, 5.74) is 0. The average Bonchev–Trinajstić information content (AvgIpc) is 2.35. The number of hydrogen-bond donors (Lipinski definition) is 0. The molecule has 1 atom stereocenters. The van der Waals surface area contributed by atoms with Crippen molar-refractivity contribution in [1.82, 2.24) is 4.90 Å². The van der Waals surface area contributed by atoms with E-state index in [-0.39, 0.29) is 5.92 Å². The highest BCUT2D eigenvalue weighted by molar-refractivity contribution is 7.92. The predicted octanol–water partition coefficient (Wildman–Crippen LogP) is 3.49. The second-order valence-corrected chi connectivity index (χ2v) is 9.56. The van der Waals surface area contributed by atoms with E-state index in [1.165, 1.54) is 19.3 Å². The molecule has 1 aliphatic heterocycles. The van der Waals surface area contributed by atoms with Crippen LogP contribution in [-0.4, -0.2) is 42.9 Å². The first-order valence-corrected chi connectivity index (χ1v) is 9.87. The summed E-state index contributed by atoms with van der Waals surface area (Å²) in [5, 5.41) is 0. The van der Waals surface area contributed by atoms with E-state index >= 15 is 0 Å². The smallest absolute Gasteiger partial charge is 0.156 e. The van der Waals surface area contributed by atoms with Gasteiger partial charge in [-0.3, -0.25) is 0 Å². The highest BCUT2D eigenvalue weighted by Crippen LogP contribution is 2.33. The Hall–Kier alpha value is -0.0900. The fourth-order valence-corrected chi connectivity index (χ4v) is 5.38. The fraction of sp³-hybridized carbons (Fsp3) is 1.00. The lowest BCUT2D eigenvalue weighted by atomic mass is 9.95. The highest BCUT2D eigenvalue weighted by Gasteiger charge is 2.42. The van der Waals surface area contributed by atoms with Crippen molar-refractivity contribution in [2.45, 2.75) is 77.5 Å². The zero-order valence-corrected chi connectivity index (χ0v) is 14.8. The standard InChI is InChI=1S/C16H33NO2S/c1-6-8-15(7-2)17-11-9-16(5,10-12-17)20(18,19)13-14(3)4/h14-15H,6-13H2,1-5H3. The Bertz CT molecular complexity index is 381. The van der Waals surface area contributed by atoms with E-state index < -0.39 is 14.6 Å². The first kappa shape index (κ1) is 18.0. The zero-order valence-electron chi connectivity index (χ0n) is 14.0. The van der Waals surface area contributed by atoms with E-state index in [1.54, 1.807) is 0 Å². The lowest BCUT2D eigenvalue weighted by molar-refractivity contribution is 0.134. The van der Waals surface area contributed by atoms with Gasteiger partial charge in [0.1, 0.15) is 0 Å². The Balaban J connectivity index is 2.68. The van der Waals surface area contributed by atoms with Gasteiger partial charge in [0.25, 0.3) is 0 Å². The minimum absolute atomic E-state index is 0.221. The summed E-state index contributed by atoms with van der Waals surface area (Å²) in [6, 6.07) is 0.636. The van der Waals surface area contributed by atoms with E-state index in [1.807, 2.05) is 20.8 Å². The molecule has 1 unspecified atom stereocenters. The summed E-state index contributed by atoms with van der Waals surface area (Å²) in [5.74, 6) is 0.550. The third-order valence-electron chi connectivity index (χ3n) is 4.77. The summed E-state index contributed by atoms with van der Waals surface area (Å²) < 4.78 is 24.6. The molecule has 20 heavy (non-hydrogen) atoms. The second-order valence-electron chi connectivity index (χ2n) is 7.01. The van der Waals surface area contributed by atoms with Crippen LogP contribution in [0, 0.1) is 5.92 Å². The van der Waals surface area contributed by atoms with Crippen LogP contribution in [0.5, 0.6) is 0 Å². The molecule has 1 saturated heterocycles. The highest BCUT2D eigenvalue weighted by atomic mass is 32.2.